The summed E-state index contributed by atoms with van der Waals surface area (Å²) in [5, 5.41) is 9.51. The summed E-state index contributed by atoms with van der Waals surface area (Å²) in [7, 11) is 0. The molecule has 0 saturated carbocycles. The van der Waals surface area contributed by atoms with Gasteiger partial charge in [-0.25, -0.2) is 0 Å². The van der Waals surface area contributed by atoms with Crippen LogP contribution < -0.4 is 4.74 Å². The van der Waals surface area contributed by atoms with Crippen molar-refractivity contribution < 1.29 is 9.84 Å². The number of hydrogen-bond donors (Lipinski definition) is 1. The van der Waals surface area contributed by atoms with Gasteiger partial charge in [0, 0.05) is 12.6 Å². The Morgan fingerprint density at radius 1 is 1.24 bits per heavy atom. The van der Waals surface area contributed by atoms with E-state index in [1.165, 1.54) is 30.4 Å². The van der Waals surface area contributed by atoms with Crippen LogP contribution in [-0.4, -0.2) is 42.4 Å². The molecule has 1 atom stereocenters. The highest BCUT2D eigenvalue weighted by Crippen LogP contribution is 2.20. The Balaban J connectivity index is 1.76. The molecule has 118 valence electrons. The first-order valence-corrected chi connectivity index (χ1v) is 8.25. The molecule has 0 radical (unpaired) electrons. The van der Waals surface area contributed by atoms with Crippen molar-refractivity contribution >= 4 is 0 Å². The summed E-state index contributed by atoms with van der Waals surface area (Å²) in [5.41, 5.74) is 2.44. The molecule has 3 nitrogen and oxygen atoms in total. The fraction of sp³-hybridized carbons (Fsp3) is 0.667. The van der Waals surface area contributed by atoms with E-state index in [4.69, 9.17) is 4.74 Å². The third-order valence-electron chi connectivity index (χ3n) is 4.40. The van der Waals surface area contributed by atoms with Gasteiger partial charge in [-0.2, -0.15) is 0 Å². The molecule has 1 aromatic rings. The maximum absolute atomic E-state index is 9.51. The van der Waals surface area contributed by atoms with E-state index >= 15 is 0 Å². The van der Waals surface area contributed by atoms with Crippen molar-refractivity contribution in [3.63, 3.8) is 0 Å². The number of likely N-dealkylation sites (tertiary alicyclic amines) is 1. The van der Waals surface area contributed by atoms with Gasteiger partial charge in [0.25, 0.3) is 0 Å². The third-order valence-corrected chi connectivity index (χ3v) is 4.40. The lowest BCUT2D eigenvalue weighted by atomic mass is 10.1. The molecule has 1 saturated heterocycles. The number of nitrogens with zero attached hydrogens (tertiary/aromatic N) is 1. The third kappa shape index (κ3) is 5.01. The minimum absolute atomic E-state index is 0.290. The number of benzene rings is 1. The first-order chi connectivity index (χ1) is 10.2. The van der Waals surface area contributed by atoms with Crippen LogP contribution in [0.3, 0.4) is 0 Å². The topological polar surface area (TPSA) is 32.7 Å². The molecule has 1 aliphatic heterocycles. The average Bonchev–Trinajstić information content (AvgIpc) is 2.72. The quantitative estimate of drug-likeness (QED) is 0.816. The molecule has 2 rings (SSSR count). The highest BCUT2D eigenvalue weighted by Gasteiger charge is 2.19. The summed E-state index contributed by atoms with van der Waals surface area (Å²) in [6.45, 7) is 7.36. The van der Waals surface area contributed by atoms with Crippen LogP contribution in [0.25, 0.3) is 0 Å². The summed E-state index contributed by atoms with van der Waals surface area (Å²) in [6, 6.07) is 6.69. The van der Waals surface area contributed by atoms with Crippen molar-refractivity contribution in [1.82, 2.24) is 4.90 Å². The molecule has 0 bridgehead atoms. The molecule has 1 fully saturated rings. The second-order valence-electron chi connectivity index (χ2n) is 6.19. The SMILES string of the molecule is Cc1ccc(C)c(OCCCN2CCCCCC2CO)c1. The van der Waals surface area contributed by atoms with Crippen LogP contribution in [-0.2, 0) is 0 Å². The van der Waals surface area contributed by atoms with Crippen LogP contribution in [0.15, 0.2) is 18.2 Å². The Morgan fingerprint density at radius 2 is 2.10 bits per heavy atom. The fourth-order valence-electron chi connectivity index (χ4n) is 3.05. The van der Waals surface area contributed by atoms with Crippen molar-refractivity contribution in [2.75, 3.05) is 26.3 Å². The monoisotopic (exact) mass is 291 g/mol. The molecule has 0 amide bonds. The number of aliphatic hydroxyl groups excluding tert-OH is 1. The van der Waals surface area contributed by atoms with Crippen LogP contribution in [0.4, 0.5) is 0 Å². The summed E-state index contributed by atoms with van der Waals surface area (Å²) in [6.07, 6.45) is 5.96. The standard InChI is InChI=1S/C18H29NO2/c1-15-8-9-16(2)18(13-15)21-12-6-11-19-10-5-3-4-7-17(19)14-20/h8-9,13,17,20H,3-7,10-12,14H2,1-2H3. The molecule has 0 spiro atoms. The van der Waals surface area contributed by atoms with Crippen LogP contribution in [0.5, 0.6) is 5.75 Å². The zero-order chi connectivity index (χ0) is 15.1. The largest absolute Gasteiger partial charge is 0.493 e. The van der Waals surface area contributed by atoms with Crippen molar-refractivity contribution in [2.45, 2.75) is 52.0 Å². The van der Waals surface area contributed by atoms with Gasteiger partial charge in [-0.05, 0) is 56.8 Å². The van der Waals surface area contributed by atoms with E-state index in [0.29, 0.717) is 6.04 Å². The van der Waals surface area contributed by atoms with Gasteiger partial charge in [0.2, 0.25) is 0 Å². The van der Waals surface area contributed by atoms with Gasteiger partial charge in [0.15, 0.2) is 0 Å². The van der Waals surface area contributed by atoms with Gasteiger partial charge < -0.3 is 9.84 Å². The first-order valence-electron chi connectivity index (χ1n) is 8.25. The van der Waals surface area contributed by atoms with Crippen molar-refractivity contribution in [3.05, 3.63) is 29.3 Å². The number of aliphatic hydroxyl groups is 1. The average molecular weight is 291 g/mol. The fourth-order valence-corrected chi connectivity index (χ4v) is 3.05. The normalized spacial score (nSPS) is 20.2. The molecule has 1 unspecified atom stereocenters. The maximum atomic E-state index is 9.51. The lowest BCUT2D eigenvalue weighted by molar-refractivity contribution is 0.118. The molecule has 1 aliphatic rings. The lowest BCUT2D eigenvalue weighted by Crippen LogP contribution is -2.38. The van der Waals surface area contributed by atoms with E-state index in [0.717, 1.165) is 38.3 Å². The van der Waals surface area contributed by atoms with Crippen molar-refractivity contribution in [1.29, 1.82) is 0 Å². The van der Waals surface area contributed by atoms with Crippen LogP contribution in [0.2, 0.25) is 0 Å². The first kappa shape index (κ1) is 16.3. The number of aryl methyl sites for hydroxylation is 2. The second kappa shape index (κ2) is 8.40. The molecule has 1 aromatic carbocycles. The Hall–Kier alpha value is -1.06. The zero-order valence-corrected chi connectivity index (χ0v) is 13.5. The molecule has 3 heteroatoms. The van der Waals surface area contributed by atoms with Crippen molar-refractivity contribution in [3.8, 4) is 5.75 Å². The van der Waals surface area contributed by atoms with E-state index < -0.39 is 0 Å². The molecular formula is C18H29NO2. The van der Waals surface area contributed by atoms with Gasteiger partial charge in [-0.1, -0.05) is 25.0 Å². The Labute approximate surface area is 128 Å². The minimum atomic E-state index is 0.290. The predicted molar refractivity (Wildman–Crippen MR) is 86.9 cm³/mol. The van der Waals surface area contributed by atoms with Crippen LogP contribution in [0.1, 0.15) is 43.2 Å². The van der Waals surface area contributed by atoms with Crippen LogP contribution >= 0.6 is 0 Å². The lowest BCUT2D eigenvalue weighted by Gasteiger charge is -2.28. The van der Waals surface area contributed by atoms with E-state index in [-0.39, 0.29) is 6.61 Å². The second-order valence-corrected chi connectivity index (χ2v) is 6.19. The van der Waals surface area contributed by atoms with Gasteiger partial charge in [0.05, 0.1) is 13.2 Å². The van der Waals surface area contributed by atoms with Gasteiger partial charge in [0.1, 0.15) is 5.75 Å². The van der Waals surface area contributed by atoms with Crippen LogP contribution in [0, 0.1) is 13.8 Å². The van der Waals surface area contributed by atoms with Gasteiger partial charge >= 0.3 is 0 Å². The van der Waals surface area contributed by atoms with Gasteiger partial charge in [-0.3, -0.25) is 4.90 Å². The highest BCUT2D eigenvalue weighted by molar-refractivity contribution is 5.35. The molecule has 0 aliphatic carbocycles. The number of hydrogen-bond acceptors (Lipinski definition) is 3. The van der Waals surface area contributed by atoms with E-state index in [9.17, 15) is 5.11 Å². The Morgan fingerprint density at radius 3 is 2.90 bits per heavy atom. The predicted octanol–water partition coefficient (Wildman–Crippen LogP) is 3.31. The molecule has 0 aromatic heterocycles. The minimum Gasteiger partial charge on any atom is -0.493 e. The van der Waals surface area contributed by atoms with Gasteiger partial charge in [-0.15, -0.1) is 0 Å². The number of rotatable bonds is 6. The van der Waals surface area contributed by atoms with E-state index in [1.54, 1.807) is 0 Å². The maximum Gasteiger partial charge on any atom is 0.122 e. The summed E-state index contributed by atoms with van der Waals surface area (Å²) < 4.78 is 5.92. The summed E-state index contributed by atoms with van der Waals surface area (Å²) >= 11 is 0. The molecule has 1 heterocycles. The summed E-state index contributed by atoms with van der Waals surface area (Å²) in [5.74, 6) is 1.00. The zero-order valence-electron chi connectivity index (χ0n) is 13.5. The smallest absolute Gasteiger partial charge is 0.122 e. The molecular weight excluding hydrogens is 262 g/mol. The van der Waals surface area contributed by atoms with Crippen molar-refractivity contribution in [2.24, 2.45) is 0 Å². The van der Waals surface area contributed by atoms with E-state index in [2.05, 4.69) is 36.9 Å². The Bertz CT molecular complexity index is 433. The highest BCUT2D eigenvalue weighted by atomic mass is 16.5. The number of ether oxygens (including phenoxy) is 1. The molecule has 21 heavy (non-hydrogen) atoms. The molecule has 1 N–H and O–H groups in total. The van der Waals surface area contributed by atoms with E-state index in [1.807, 2.05) is 0 Å². The summed E-state index contributed by atoms with van der Waals surface area (Å²) in [4.78, 5) is 2.44. The Kier molecular flexibility index (Phi) is 6.52.